The van der Waals surface area contributed by atoms with Crippen molar-refractivity contribution in [1.82, 2.24) is 4.31 Å². The minimum atomic E-state index is -5.78. The number of unbranched alkanes of at least 4 members (excludes halogenated alkanes) is 6. The van der Waals surface area contributed by atoms with Crippen LogP contribution in [0.2, 0.25) is 0 Å². The van der Waals surface area contributed by atoms with Crippen LogP contribution in [0.4, 0.5) is 22.0 Å². The summed E-state index contributed by atoms with van der Waals surface area (Å²) in [6.45, 7) is 1.19. The predicted molar refractivity (Wildman–Crippen MR) is 167 cm³/mol. The summed E-state index contributed by atoms with van der Waals surface area (Å²) in [5.41, 5.74) is 2.16. The van der Waals surface area contributed by atoms with Crippen LogP contribution >= 0.6 is 11.8 Å². The molecule has 2 unspecified atom stereocenters. The van der Waals surface area contributed by atoms with Gasteiger partial charge in [-0.3, -0.25) is 4.79 Å². The van der Waals surface area contributed by atoms with Gasteiger partial charge in [0.25, 0.3) is 0 Å². The van der Waals surface area contributed by atoms with Gasteiger partial charge in [-0.2, -0.15) is 26.3 Å². The molecule has 0 radical (unpaired) electrons. The van der Waals surface area contributed by atoms with Crippen LogP contribution in [0.1, 0.15) is 88.2 Å². The van der Waals surface area contributed by atoms with Crippen molar-refractivity contribution in [3.63, 3.8) is 0 Å². The maximum atomic E-state index is 13.2. The van der Waals surface area contributed by atoms with Gasteiger partial charge in [-0.1, -0.05) is 63.6 Å². The molecule has 258 valence electrons. The highest BCUT2D eigenvalue weighted by Gasteiger charge is 2.56. The maximum absolute atomic E-state index is 13.2. The molecule has 2 atom stereocenters. The number of sulfonamides is 1. The number of carboxylic acid groups (broad SMARTS) is 1. The van der Waals surface area contributed by atoms with Crippen LogP contribution in [0.3, 0.4) is 0 Å². The first-order valence-corrected chi connectivity index (χ1v) is 18.0. The standard InChI is InChI=1S/C32H42F5NO6S2/c1-30(23-11-13-24(39)14-12-23)22-45-28-20-25(40)15-16-26(28)27(30)10-7-5-3-2-4-6-8-18-38(21-29(41)42)46(43,44)19-9-17-31(33,34)32(35,36)37/h11-16,20,27,39-40H,2-10,17-19,21-22H2,1H3,(H,41,42). The maximum Gasteiger partial charge on any atom is 0.453 e. The number of rotatable bonds is 18. The van der Waals surface area contributed by atoms with Crippen molar-refractivity contribution >= 4 is 27.8 Å². The summed E-state index contributed by atoms with van der Waals surface area (Å²) in [6, 6.07) is 12.8. The lowest BCUT2D eigenvalue weighted by Crippen LogP contribution is -2.39. The predicted octanol–water partition coefficient (Wildman–Crippen LogP) is 8.06. The number of carboxylic acids is 1. The number of fused-ring (bicyclic) bond motifs is 1. The number of alkyl halides is 5. The Bertz CT molecular complexity index is 1400. The van der Waals surface area contributed by atoms with Crippen molar-refractivity contribution in [3.05, 3.63) is 53.6 Å². The van der Waals surface area contributed by atoms with E-state index in [1.54, 1.807) is 36.0 Å². The number of halogens is 5. The summed E-state index contributed by atoms with van der Waals surface area (Å²) in [5, 5.41) is 28.9. The van der Waals surface area contributed by atoms with E-state index in [1.807, 2.05) is 18.2 Å². The number of benzene rings is 2. The van der Waals surface area contributed by atoms with Gasteiger partial charge in [-0.15, -0.1) is 11.8 Å². The van der Waals surface area contributed by atoms with E-state index in [1.165, 1.54) is 5.56 Å². The second-order valence-electron chi connectivity index (χ2n) is 12.1. The summed E-state index contributed by atoms with van der Waals surface area (Å²) >= 11 is 1.71. The van der Waals surface area contributed by atoms with Crippen LogP contribution in [0.15, 0.2) is 47.4 Å². The molecule has 1 aliphatic rings. The molecular formula is C32H42F5NO6S2. The molecule has 46 heavy (non-hydrogen) atoms. The topological polar surface area (TPSA) is 115 Å². The van der Waals surface area contributed by atoms with Gasteiger partial charge in [0.1, 0.15) is 18.0 Å². The summed E-state index contributed by atoms with van der Waals surface area (Å²) < 4.78 is 89.1. The lowest BCUT2D eigenvalue weighted by molar-refractivity contribution is -0.284. The van der Waals surface area contributed by atoms with Gasteiger partial charge < -0.3 is 15.3 Å². The fourth-order valence-corrected chi connectivity index (χ4v) is 8.83. The van der Waals surface area contributed by atoms with E-state index in [4.69, 9.17) is 5.11 Å². The first kappa shape index (κ1) is 37.9. The summed E-state index contributed by atoms with van der Waals surface area (Å²) in [7, 11) is -4.33. The van der Waals surface area contributed by atoms with E-state index in [0.29, 0.717) is 17.1 Å². The third-order valence-electron chi connectivity index (χ3n) is 8.61. The molecule has 1 aliphatic heterocycles. The minimum absolute atomic E-state index is 0.158. The number of hydrogen-bond acceptors (Lipinski definition) is 6. The summed E-state index contributed by atoms with van der Waals surface area (Å²) in [6.07, 6.45) is -2.06. The number of aliphatic carboxylic acids is 1. The van der Waals surface area contributed by atoms with Crippen molar-refractivity contribution in [1.29, 1.82) is 0 Å². The highest BCUT2D eigenvalue weighted by Crippen LogP contribution is 2.52. The highest BCUT2D eigenvalue weighted by atomic mass is 32.2. The Hall–Kier alpha value is -2.58. The summed E-state index contributed by atoms with van der Waals surface area (Å²) in [5.74, 6) is -5.99. The van der Waals surface area contributed by atoms with Gasteiger partial charge >= 0.3 is 18.1 Å². The van der Waals surface area contributed by atoms with Crippen molar-refractivity contribution in [2.24, 2.45) is 0 Å². The van der Waals surface area contributed by atoms with E-state index in [0.717, 1.165) is 54.7 Å². The van der Waals surface area contributed by atoms with E-state index < -0.39 is 53.2 Å². The zero-order valence-corrected chi connectivity index (χ0v) is 27.4. The second kappa shape index (κ2) is 16.0. The third kappa shape index (κ3) is 10.2. The molecule has 0 aromatic heterocycles. The number of hydrogen-bond donors (Lipinski definition) is 3. The number of aromatic hydroxyl groups is 2. The molecule has 7 nitrogen and oxygen atoms in total. The van der Waals surface area contributed by atoms with Crippen LogP contribution in [0.25, 0.3) is 0 Å². The number of nitrogens with zero attached hydrogens (tertiary/aromatic N) is 1. The van der Waals surface area contributed by atoms with E-state index in [2.05, 4.69) is 6.92 Å². The molecule has 14 heteroatoms. The molecule has 0 spiro atoms. The lowest BCUT2D eigenvalue weighted by atomic mass is 9.68. The molecule has 2 aromatic carbocycles. The van der Waals surface area contributed by atoms with Gasteiger partial charge in [0.05, 0.1) is 5.75 Å². The molecule has 0 amide bonds. The third-order valence-corrected chi connectivity index (χ3v) is 11.9. The largest absolute Gasteiger partial charge is 0.508 e. The van der Waals surface area contributed by atoms with Crippen LogP contribution in [-0.4, -0.2) is 70.7 Å². The Morgan fingerprint density at radius 2 is 1.50 bits per heavy atom. The van der Waals surface area contributed by atoms with E-state index in [-0.39, 0.29) is 29.4 Å². The van der Waals surface area contributed by atoms with E-state index in [9.17, 15) is 45.4 Å². The average Bonchev–Trinajstić information content (AvgIpc) is 2.96. The van der Waals surface area contributed by atoms with Gasteiger partial charge in [-0.05, 0) is 60.6 Å². The fourth-order valence-electron chi connectivity index (χ4n) is 5.94. The van der Waals surface area contributed by atoms with Crippen LogP contribution in [0, 0.1) is 0 Å². The van der Waals surface area contributed by atoms with Crippen molar-refractivity contribution in [3.8, 4) is 11.5 Å². The Balaban J connectivity index is 1.45. The lowest BCUT2D eigenvalue weighted by Gasteiger charge is -2.43. The van der Waals surface area contributed by atoms with E-state index >= 15 is 0 Å². The molecule has 1 heterocycles. The first-order valence-electron chi connectivity index (χ1n) is 15.4. The van der Waals surface area contributed by atoms with Gasteiger partial charge in [0.15, 0.2) is 0 Å². The van der Waals surface area contributed by atoms with Crippen molar-refractivity contribution < 1.29 is 50.5 Å². The van der Waals surface area contributed by atoms with Crippen LogP contribution in [0.5, 0.6) is 11.5 Å². The zero-order valence-electron chi connectivity index (χ0n) is 25.7. The Kier molecular flexibility index (Phi) is 13.2. The number of phenolic OH excluding ortho intramolecular Hbond substituents is 2. The smallest absolute Gasteiger partial charge is 0.453 e. The Morgan fingerprint density at radius 3 is 2.11 bits per heavy atom. The SMILES string of the molecule is CC1(c2ccc(O)cc2)CSc2cc(O)ccc2C1CCCCCCCCCN(CC(=O)O)S(=O)(=O)CCCC(F)(F)C(F)(F)F. The quantitative estimate of drug-likeness (QED) is 0.107. The number of phenols is 2. The molecule has 0 fully saturated rings. The molecule has 0 aliphatic carbocycles. The monoisotopic (exact) mass is 695 g/mol. The first-order chi connectivity index (χ1) is 21.5. The number of thioether (sulfide) groups is 1. The zero-order chi connectivity index (χ0) is 34.2. The van der Waals surface area contributed by atoms with Crippen LogP contribution < -0.4 is 0 Å². The van der Waals surface area contributed by atoms with Gasteiger partial charge in [0.2, 0.25) is 10.0 Å². The van der Waals surface area contributed by atoms with Gasteiger partial charge in [-0.25, -0.2) is 8.42 Å². The van der Waals surface area contributed by atoms with Gasteiger partial charge in [0, 0.05) is 29.0 Å². The molecule has 3 N–H and O–H groups in total. The second-order valence-corrected chi connectivity index (χ2v) is 15.2. The number of carbonyl (C=O) groups is 1. The molecule has 0 bridgehead atoms. The molecule has 0 saturated carbocycles. The Labute approximate surface area is 271 Å². The Morgan fingerprint density at radius 1 is 0.913 bits per heavy atom. The fraction of sp³-hybridized carbons (Fsp3) is 0.594. The average molecular weight is 696 g/mol. The molecule has 0 saturated heterocycles. The van der Waals surface area contributed by atoms with Crippen molar-refractivity contribution in [2.45, 2.75) is 99.5 Å². The molecular weight excluding hydrogens is 653 g/mol. The molecule has 3 rings (SSSR count). The van der Waals surface area contributed by atoms with Crippen molar-refractivity contribution in [2.75, 3.05) is 24.6 Å². The molecule has 2 aromatic rings. The highest BCUT2D eigenvalue weighted by molar-refractivity contribution is 7.99. The minimum Gasteiger partial charge on any atom is -0.508 e. The normalized spacial score (nSPS) is 18.9. The van der Waals surface area contributed by atoms with Crippen LogP contribution in [-0.2, 0) is 20.2 Å². The summed E-state index contributed by atoms with van der Waals surface area (Å²) in [4.78, 5) is 12.3.